The molecule has 0 aliphatic carbocycles. The molecule has 2 aromatic carbocycles. The fourth-order valence-electron chi connectivity index (χ4n) is 2.34. The first-order valence-electron chi connectivity index (χ1n) is 7.35. The van der Waals surface area contributed by atoms with E-state index < -0.39 is 0 Å². The van der Waals surface area contributed by atoms with Crippen molar-refractivity contribution in [2.75, 3.05) is 5.32 Å². The van der Waals surface area contributed by atoms with E-state index >= 15 is 0 Å². The lowest BCUT2D eigenvalue weighted by Gasteiger charge is -2.03. The van der Waals surface area contributed by atoms with Crippen molar-refractivity contribution in [2.24, 2.45) is 0 Å². The molecule has 0 saturated heterocycles. The molecule has 0 spiro atoms. The van der Waals surface area contributed by atoms with Crippen LogP contribution in [0.2, 0.25) is 0 Å². The molecular formula is C18H13IN4S. The fourth-order valence-corrected chi connectivity index (χ4v) is 3.44. The Morgan fingerprint density at radius 3 is 2.50 bits per heavy atom. The lowest BCUT2D eigenvalue weighted by Crippen LogP contribution is -1.90. The van der Waals surface area contributed by atoms with Gasteiger partial charge in [0.1, 0.15) is 0 Å². The average molecular weight is 444 g/mol. The van der Waals surface area contributed by atoms with Crippen LogP contribution in [0.15, 0.2) is 72.6 Å². The molecule has 4 rings (SSSR count). The van der Waals surface area contributed by atoms with E-state index in [1.165, 1.54) is 3.57 Å². The Bertz CT molecular complexity index is 928. The molecule has 0 aliphatic heterocycles. The highest BCUT2D eigenvalue weighted by molar-refractivity contribution is 14.1. The van der Waals surface area contributed by atoms with Gasteiger partial charge in [0.05, 0.1) is 12.0 Å². The number of halogens is 1. The van der Waals surface area contributed by atoms with Crippen molar-refractivity contribution in [1.82, 2.24) is 14.5 Å². The zero-order valence-corrected chi connectivity index (χ0v) is 15.5. The highest BCUT2D eigenvalue weighted by atomic mass is 127. The predicted octanol–water partition coefficient (Wildman–Crippen LogP) is 5.34. The summed E-state index contributed by atoms with van der Waals surface area (Å²) >= 11 is 3.91. The molecule has 118 valence electrons. The normalized spacial score (nSPS) is 10.7. The maximum Gasteiger partial charge on any atom is 0.187 e. The molecule has 2 aromatic heterocycles. The Kier molecular flexibility index (Phi) is 4.31. The van der Waals surface area contributed by atoms with Gasteiger partial charge >= 0.3 is 0 Å². The molecule has 0 saturated carbocycles. The summed E-state index contributed by atoms with van der Waals surface area (Å²) in [6.45, 7) is 0. The first-order valence-corrected chi connectivity index (χ1v) is 9.31. The molecule has 0 bridgehead atoms. The molecule has 2 heterocycles. The molecule has 0 radical (unpaired) electrons. The summed E-state index contributed by atoms with van der Waals surface area (Å²) in [5.74, 6) is 0. The SMILES string of the molecule is Ic1ccc(Nc2nc(-c3ccc(-n4ccnc4)cc3)cs2)cc1. The molecule has 0 atom stereocenters. The number of imidazole rings is 1. The van der Waals surface area contributed by atoms with Gasteiger partial charge in [-0.15, -0.1) is 11.3 Å². The van der Waals surface area contributed by atoms with E-state index in [1.807, 2.05) is 10.8 Å². The molecule has 4 aromatic rings. The van der Waals surface area contributed by atoms with Gasteiger partial charge in [0.25, 0.3) is 0 Å². The number of hydrogen-bond donors (Lipinski definition) is 1. The number of anilines is 2. The minimum absolute atomic E-state index is 0.893. The fraction of sp³-hybridized carbons (Fsp3) is 0. The van der Waals surface area contributed by atoms with Crippen LogP contribution in [0.3, 0.4) is 0 Å². The van der Waals surface area contributed by atoms with Crippen molar-refractivity contribution < 1.29 is 0 Å². The second kappa shape index (κ2) is 6.74. The molecule has 0 aliphatic rings. The molecular weight excluding hydrogens is 431 g/mol. The number of nitrogens with zero attached hydrogens (tertiary/aromatic N) is 3. The standard InChI is InChI=1S/C18H13IN4S/c19-14-3-5-15(6-4-14)21-18-22-17(11-24-18)13-1-7-16(8-2-13)23-10-9-20-12-23/h1-12H,(H,21,22). The van der Waals surface area contributed by atoms with Gasteiger partial charge < -0.3 is 9.88 Å². The van der Waals surface area contributed by atoms with Crippen LogP contribution in [0.1, 0.15) is 0 Å². The molecule has 0 fully saturated rings. The highest BCUT2D eigenvalue weighted by Gasteiger charge is 2.05. The van der Waals surface area contributed by atoms with E-state index in [9.17, 15) is 0 Å². The van der Waals surface area contributed by atoms with Gasteiger partial charge in [-0.3, -0.25) is 0 Å². The Morgan fingerprint density at radius 2 is 1.79 bits per heavy atom. The zero-order valence-electron chi connectivity index (χ0n) is 12.6. The summed E-state index contributed by atoms with van der Waals surface area (Å²) in [4.78, 5) is 8.75. The lowest BCUT2D eigenvalue weighted by atomic mass is 10.1. The van der Waals surface area contributed by atoms with Gasteiger partial charge in [-0.1, -0.05) is 12.1 Å². The van der Waals surface area contributed by atoms with E-state index in [-0.39, 0.29) is 0 Å². The van der Waals surface area contributed by atoms with E-state index in [2.05, 4.69) is 91.8 Å². The van der Waals surface area contributed by atoms with Gasteiger partial charge in [0.15, 0.2) is 5.13 Å². The van der Waals surface area contributed by atoms with Crippen molar-refractivity contribution in [3.8, 4) is 16.9 Å². The Labute approximate surface area is 157 Å². The third-order valence-corrected chi connectivity index (χ3v) is 5.04. The average Bonchev–Trinajstić information content (AvgIpc) is 3.29. The zero-order chi connectivity index (χ0) is 16.4. The molecule has 6 heteroatoms. The number of nitrogens with one attached hydrogen (secondary N) is 1. The number of rotatable bonds is 4. The first-order chi connectivity index (χ1) is 11.8. The van der Waals surface area contributed by atoms with Crippen LogP contribution in [-0.2, 0) is 0 Å². The van der Waals surface area contributed by atoms with Gasteiger partial charge in [-0.25, -0.2) is 9.97 Å². The minimum Gasteiger partial charge on any atom is -0.332 e. The van der Waals surface area contributed by atoms with Crippen molar-refractivity contribution in [3.63, 3.8) is 0 Å². The summed E-state index contributed by atoms with van der Waals surface area (Å²) in [6.07, 6.45) is 5.50. The maximum atomic E-state index is 4.68. The Morgan fingerprint density at radius 1 is 1.00 bits per heavy atom. The number of hydrogen-bond acceptors (Lipinski definition) is 4. The van der Waals surface area contributed by atoms with Gasteiger partial charge in [-0.2, -0.15) is 0 Å². The highest BCUT2D eigenvalue weighted by Crippen LogP contribution is 2.28. The van der Waals surface area contributed by atoms with Gasteiger partial charge in [-0.05, 0) is 59.0 Å². The summed E-state index contributed by atoms with van der Waals surface area (Å²) in [5, 5.41) is 6.31. The predicted molar refractivity (Wildman–Crippen MR) is 107 cm³/mol. The van der Waals surface area contributed by atoms with Crippen LogP contribution in [0, 0.1) is 3.57 Å². The van der Waals surface area contributed by atoms with Crippen LogP contribution in [0.4, 0.5) is 10.8 Å². The van der Waals surface area contributed by atoms with Crippen molar-refractivity contribution >= 4 is 44.7 Å². The van der Waals surface area contributed by atoms with Gasteiger partial charge in [0, 0.05) is 38.3 Å². The van der Waals surface area contributed by atoms with Crippen LogP contribution >= 0.6 is 33.9 Å². The molecule has 24 heavy (non-hydrogen) atoms. The third kappa shape index (κ3) is 3.34. The summed E-state index contributed by atoms with van der Waals surface area (Å²) in [7, 11) is 0. The monoisotopic (exact) mass is 444 g/mol. The molecule has 0 unspecified atom stereocenters. The Hall–Kier alpha value is -2.19. The van der Waals surface area contributed by atoms with E-state index in [0.29, 0.717) is 0 Å². The molecule has 4 nitrogen and oxygen atoms in total. The van der Waals surface area contributed by atoms with E-state index in [4.69, 9.17) is 0 Å². The Balaban J connectivity index is 1.53. The van der Waals surface area contributed by atoms with E-state index in [0.717, 1.165) is 27.8 Å². The number of aromatic nitrogens is 3. The topological polar surface area (TPSA) is 42.7 Å². The van der Waals surface area contributed by atoms with Gasteiger partial charge in [0.2, 0.25) is 0 Å². The summed E-state index contributed by atoms with van der Waals surface area (Å²) in [6, 6.07) is 16.6. The van der Waals surface area contributed by atoms with Crippen molar-refractivity contribution in [2.45, 2.75) is 0 Å². The summed E-state index contributed by atoms with van der Waals surface area (Å²) in [5.41, 5.74) is 4.21. The quantitative estimate of drug-likeness (QED) is 0.432. The van der Waals surface area contributed by atoms with Crippen molar-refractivity contribution in [3.05, 3.63) is 76.2 Å². The number of thiazole rings is 1. The largest absolute Gasteiger partial charge is 0.332 e. The number of benzene rings is 2. The molecule has 0 amide bonds. The third-order valence-electron chi connectivity index (χ3n) is 3.57. The van der Waals surface area contributed by atoms with Crippen LogP contribution < -0.4 is 5.32 Å². The van der Waals surface area contributed by atoms with Crippen LogP contribution in [-0.4, -0.2) is 14.5 Å². The van der Waals surface area contributed by atoms with Crippen molar-refractivity contribution in [1.29, 1.82) is 0 Å². The molecule has 1 N–H and O–H groups in total. The second-order valence-electron chi connectivity index (χ2n) is 5.19. The van der Waals surface area contributed by atoms with E-state index in [1.54, 1.807) is 23.9 Å². The van der Waals surface area contributed by atoms with Crippen LogP contribution in [0.5, 0.6) is 0 Å². The van der Waals surface area contributed by atoms with Crippen LogP contribution in [0.25, 0.3) is 16.9 Å². The minimum atomic E-state index is 0.893. The second-order valence-corrected chi connectivity index (χ2v) is 7.29. The summed E-state index contributed by atoms with van der Waals surface area (Å²) < 4.78 is 3.20. The maximum absolute atomic E-state index is 4.68. The first kappa shape index (κ1) is 15.3. The smallest absolute Gasteiger partial charge is 0.187 e. The lowest BCUT2D eigenvalue weighted by molar-refractivity contribution is 1.06.